The fraction of sp³-hybridized carbons (Fsp3) is 0.0833. The molecule has 2 N–H and O–H groups in total. The van der Waals surface area contributed by atoms with Gasteiger partial charge in [-0.2, -0.15) is 10.2 Å². The number of halogens is 2. The van der Waals surface area contributed by atoms with E-state index in [1.807, 2.05) is 0 Å². The number of hydrogen-bond acceptors (Lipinski definition) is 8. The molecule has 36 heavy (non-hydrogen) atoms. The number of carbonyl (C=O) groups is 2. The standard InChI is InChI=1S/C24H16Br2N4O6/c25-17-7-21-19(33-11-35-21)5-15(17)9-27-29-23(31)13-1-2-14(4-3-13)24(32)30-28-10-16-6-20-22(8-18(16)26)36-12-34-20/h1-10H,11-12H2,(H,29,31)(H,30,32)/b27-9+,28-10+. The van der Waals surface area contributed by atoms with Gasteiger partial charge >= 0.3 is 0 Å². The molecule has 12 heteroatoms. The molecule has 0 radical (unpaired) electrons. The molecule has 10 nitrogen and oxygen atoms in total. The van der Waals surface area contributed by atoms with Gasteiger partial charge < -0.3 is 18.9 Å². The first-order valence-electron chi connectivity index (χ1n) is 10.4. The molecule has 2 aliphatic rings. The first-order valence-corrected chi connectivity index (χ1v) is 12.0. The lowest BCUT2D eigenvalue weighted by molar-refractivity contribution is 0.0943. The van der Waals surface area contributed by atoms with Gasteiger partial charge in [0.15, 0.2) is 23.0 Å². The molecule has 3 aromatic rings. The zero-order valence-corrected chi connectivity index (χ0v) is 21.5. The number of fused-ring (bicyclic) bond motifs is 2. The Morgan fingerprint density at radius 1 is 0.667 bits per heavy atom. The molecule has 2 aliphatic heterocycles. The highest BCUT2D eigenvalue weighted by Gasteiger charge is 2.17. The first-order chi connectivity index (χ1) is 17.5. The molecule has 0 saturated carbocycles. The van der Waals surface area contributed by atoms with Gasteiger partial charge in [-0.05, 0) is 80.4 Å². The fourth-order valence-electron chi connectivity index (χ4n) is 3.29. The Labute approximate surface area is 221 Å². The SMILES string of the molecule is O=C(N/N=C/c1cc2c(cc1Br)OCO2)c1ccc(C(=O)N/N=C/c2cc3c(cc2Br)OCO3)cc1. The van der Waals surface area contributed by atoms with Crippen molar-refractivity contribution in [3.63, 3.8) is 0 Å². The highest BCUT2D eigenvalue weighted by atomic mass is 79.9. The van der Waals surface area contributed by atoms with Crippen molar-refractivity contribution in [1.82, 2.24) is 10.9 Å². The Morgan fingerprint density at radius 3 is 1.42 bits per heavy atom. The summed E-state index contributed by atoms with van der Waals surface area (Å²) in [6.07, 6.45) is 2.98. The number of hydrazone groups is 2. The lowest BCUT2D eigenvalue weighted by Crippen LogP contribution is -2.19. The number of rotatable bonds is 6. The summed E-state index contributed by atoms with van der Waals surface area (Å²) in [7, 11) is 0. The summed E-state index contributed by atoms with van der Waals surface area (Å²) in [5.74, 6) is 1.62. The van der Waals surface area contributed by atoms with Crippen LogP contribution >= 0.6 is 31.9 Å². The second-order valence-corrected chi connectivity index (χ2v) is 9.14. The van der Waals surface area contributed by atoms with E-state index in [9.17, 15) is 9.59 Å². The predicted molar refractivity (Wildman–Crippen MR) is 137 cm³/mol. The molecule has 3 aromatic carbocycles. The molecule has 0 saturated heterocycles. The molecule has 182 valence electrons. The summed E-state index contributed by atoms with van der Waals surface area (Å²) >= 11 is 6.86. The van der Waals surface area contributed by atoms with Crippen LogP contribution in [-0.4, -0.2) is 37.8 Å². The Hall–Kier alpha value is -3.90. The van der Waals surface area contributed by atoms with E-state index in [4.69, 9.17) is 18.9 Å². The second kappa shape index (κ2) is 10.4. The van der Waals surface area contributed by atoms with Gasteiger partial charge in [0.05, 0.1) is 12.4 Å². The van der Waals surface area contributed by atoms with E-state index in [0.29, 0.717) is 45.3 Å². The summed E-state index contributed by atoms with van der Waals surface area (Å²) in [6, 6.07) is 13.1. The molecule has 0 atom stereocenters. The van der Waals surface area contributed by atoms with Gasteiger partial charge in [-0.25, -0.2) is 10.9 Å². The van der Waals surface area contributed by atoms with Crippen LogP contribution in [-0.2, 0) is 0 Å². The lowest BCUT2D eigenvalue weighted by atomic mass is 10.1. The van der Waals surface area contributed by atoms with E-state index < -0.39 is 11.8 Å². The Balaban J connectivity index is 1.16. The average molecular weight is 616 g/mol. The van der Waals surface area contributed by atoms with Crippen LogP contribution in [0, 0.1) is 0 Å². The summed E-state index contributed by atoms with van der Waals surface area (Å²) in [5.41, 5.74) is 7.00. The van der Waals surface area contributed by atoms with Crippen LogP contribution in [0.5, 0.6) is 23.0 Å². The van der Waals surface area contributed by atoms with Gasteiger partial charge in [-0.1, -0.05) is 0 Å². The summed E-state index contributed by atoms with van der Waals surface area (Å²) in [4.78, 5) is 24.8. The van der Waals surface area contributed by atoms with Crippen molar-refractivity contribution in [3.05, 3.63) is 79.7 Å². The van der Waals surface area contributed by atoms with Gasteiger partial charge in [0.25, 0.3) is 11.8 Å². The molecule has 5 rings (SSSR count). The lowest BCUT2D eigenvalue weighted by Gasteiger charge is -2.04. The van der Waals surface area contributed by atoms with Crippen molar-refractivity contribution >= 4 is 56.1 Å². The third kappa shape index (κ3) is 5.19. The van der Waals surface area contributed by atoms with Crippen LogP contribution < -0.4 is 29.8 Å². The molecule has 0 unspecified atom stereocenters. The Bertz CT molecular complexity index is 1300. The normalized spacial score (nSPS) is 13.4. The van der Waals surface area contributed by atoms with E-state index in [0.717, 1.165) is 8.95 Å². The minimum absolute atomic E-state index is 0.164. The van der Waals surface area contributed by atoms with Crippen molar-refractivity contribution in [1.29, 1.82) is 0 Å². The summed E-state index contributed by atoms with van der Waals surface area (Å²) in [5, 5.41) is 7.98. The van der Waals surface area contributed by atoms with Gasteiger partial charge in [0.1, 0.15) is 0 Å². The molecular weight excluding hydrogens is 600 g/mol. The largest absolute Gasteiger partial charge is 0.454 e. The molecule has 0 aromatic heterocycles. The summed E-state index contributed by atoms with van der Waals surface area (Å²) in [6.45, 7) is 0.328. The number of amides is 2. The highest BCUT2D eigenvalue weighted by Crippen LogP contribution is 2.37. The molecular formula is C24H16Br2N4O6. The number of benzene rings is 3. The van der Waals surface area contributed by atoms with Crippen molar-refractivity contribution in [3.8, 4) is 23.0 Å². The maximum Gasteiger partial charge on any atom is 0.271 e. The van der Waals surface area contributed by atoms with Crippen LogP contribution in [0.2, 0.25) is 0 Å². The number of carbonyl (C=O) groups excluding carboxylic acids is 2. The number of hydrogen-bond donors (Lipinski definition) is 2. The minimum Gasteiger partial charge on any atom is -0.454 e. The maximum atomic E-state index is 12.4. The van der Waals surface area contributed by atoms with Crippen molar-refractivity contribution in [2.45, 2.75) is 0 Å². The average Bonchev–Trinajstić information content (AvgIpc) is 3.52. The molecule has 2 heterocycles. The monoisotopic (exact) mass is 614 g/mol. The summed E-state index contributed by atoms with van der Waals surface area (Å²) < 4.78 is 22.8. The van der Waals surface area contributed by atoms with Crippen LogP contribution in [0.15, 0.2) is 67.7 Å². The third-order valence-corrected chi connectivity index (χ3v) is 6.51. The first kappa shape index (κ1) is 23.8. The van der Waals surface area contributed by atoms with Gasteiger partial charge in [0, 0.05) is 31.2 Å². The fourth-order valence-corrected chi connectivity index (χ4v) is 4.14. The predicted octanol–water partition coefficient (Wildman–Crippen LogP) is 4.20. The molecule has 0 spiro atoms. The second-order valence-electron chi connectivity index (χ2n) is 7.43. The maximum absolute atomic E-state index is 12.4. The number of nitrogens with one attached hydrogen (secondary N) is 2. The zero-order valence-electron chi connectivity index (χ0n) is 18.3. The van der Waals surface area contributed by atoms with E-state index in [1.165, 1.54) is 36.7 Å². The van der Waals surface area contributed by atoms with Crippen LogP contribution in [0.4, 0.5) is 0 Å². The van der Waals surface area contributed by atoms with Gasteiger partial charge in [0.2, 0.25) is 13.6 Å². The molecule has 2 amide bonds. The van der Waals surface area contributed by atoms with E-state index in [2.05, 4.69) is 52.9 Å². The molecule has 0 fully saturated rings. The smallest absolute Gasteiger partial charge is 0.271 e. The topological polar surface area (TPSA) is 120 Å². The van der Waals surface area contributed by atoms with Gasteiger partial charge in [-0.15, -0.1) is 0 Å². The van der Waals surface area contributed by atoms with Crippen molar-refractivity contribution in [2.24, 2.45) is 10.2 Å². The quantitative estimate of drug-likeness (QED) is 0.317. The minimum atomic E-state index is -0.430. The molecule has 0 bridgehead atoms. The van der Waals surface area contributed by atoms with Gasteiger partial charge in [-0.3, -0.25) is 9.59 Å². The Morgan fingerprint density at radius 2 is 1.03 bits per heavy atom. The van der Waals surface area contributed by atoms with E-state index >= 15 is 0 Å². The highest BCUT2D eigenvalue weighted by molar-refractivity contribution is 9.10. The van der Waals surface area contributed by atoms with E-state index in [1.54, 1.807) is 24.3 Å². The molecule has 0 aliphatic carbocycles. The number of nitrogens with zero attached hydrogens (tertiary/aromatic N) is 2. The van der Waals surface area contributed by atoms with Crippen LogP contribution in [0.25, 0.3) is 0 Å². The zero-order chi connectivity index (χ0) is 25.1. The number of ether oxygens (including phenoxy) is 4. The van der Waals surface area contributed by atoms with Crippen LogP contribution in [0.3, 0.4) is 0 Å². The van der Waals surface area contributed by atoms with Crippen molar-refractivity contribution in [2.75, 3.05) is 13.6 Å². The third-order valence-electron chi connectivity index (χ3n) is 5.13. The van der Waals surface area contributed by atoms with E-state index in [-0.39, 0.29) is 13.6 Å². The van der Waals surface area contributed by atoms with Crippen LogP contribution in [0.1, 0.15) is 31.8 Å². The Kier molecular flexibility index (Phi) is 6.87. The van der Waals surface area contributed by atoms with Crippen molar-refractivity contribution < 1.29 is 28.5 Å².